The molecular formula is C16H19N3O3S. The number of hydrogen-bond donors (Lipinski definition) is 2. The number of methoxy groups -OCH3 is 1. The molecule has 6 nitrogen and oxygen atoms in total. The minimum Gasteiger partial charge on any atom is -0.493 e. The predicted octanol–water partition coefficient (Wildman–Crippen LogP) is 1.99. The number of thiocarbonyl (C=S) groups is 1. The van der Waals surface area contributed by atoms with E-state index in [4.69, 9.17) is 21.7 Å². The Balaban J connectivity index is 1.96. The zero-order valence-corrected chi connectivity index (χ0v) is 13.7. The lowest BCUT2D eigenvalue weighted by Crippen LogP contribution is -2.31. The highest BCUT2D eigenvalue weighted by Crippen LogP contribution is 2.34. The third kappa shape index (κ3) is 5.37. The normalized spacial score (nSPS) is 13.4. The van der Waals surface area contributed by atoms with Crippen LogP contribution in [0.3, 0.4) is 0 Å². The largest absolute Gasteiger partial charge is 0.493 e. The first kappa shape index (κ1) is 17.0. The maximum atomic E-state index is 11.7. The van der Waals surface area contributed by atoms with Crippen LogP contribution in [0.25, 0.3) is 0 Å². The quantitative estimate of drug-likeness (QED) is 0.199. The molecule has 1 aliphatic rings. The molecule has 0 spiro atoms. The summed E-state index contributed by atoms with van der Waals surface area (Å²) in [6, 6.07) is 5.21. The molecule has 0 unspecified atom stereocenters. The Labute approximate surface area is 140 Å². The van der Waals surface area contributed by atoms with Crippen molar-refractivity contribution in [3.8, 4) is 11.5 Å². The number of hydrazone groups is 1. The van der Waals surface area contributed by atoms with Crippen molar-refractivity contribution in [1.82, 2.24) is 10.7 Å². The van der Waals surface area contributed by atoms with Crippen LogP contribution in [0.1, 0.15) is 18.4 Å². The number of rotatable bonds is 7. The van der Waals surface area contributed by atoms with Crippen LogP contribution in [0.5, 0.6) is 11.5 Å². The van der Waals surface area contributed by atoms with E-state index in [1.54, 1.807) is 30.5 Å². The van der Waals surface area contributed by atoms with Crippen LogP contribution in [-0.2, 0) is 4.79 Å². The lowest BCUT2D eigenvalue weighted by atomic mass is 10.2. The van der Waals surface area contributed by atoms with Crippen LogP contribution in [0.4, 0.5) is 0 Å². The van der Waals surface area contributed by atoms with Crippen molar-refractivity contribution in [2.75, 3.05) is 13.7 Å². The summed E-state index contributed by atoms with van der Waals surface area (Å²) in [6.45, 7) is 4.15. The highest BCUT2D eigenvalue weighted by atomic mass is 32.1. The molecule has 0 amide bonds. The first-order valence-electron chi connectivity index (χ1n) is 7.21. The number of nitrogens with zero attached hydrogens (tertiary/aromatic N) is 1. The number of ether oxygens (including phenoxy) is 2. The van der Waals surface area contributed by atoms with Gasteiger partial charge in [-0.3, -0.25) is 10.2 Å². The van der Waals surface area contributed by atoms with E-state index in [1.165, 1.54) is 7.11 Å². The Morgan fingerprint density at radius 1 is 1.48 bits per heavy atom. The van der Waals surface area contributed by atoms with Gasteiger partial charge in [-0.05, 0) is 48.8 Å². The van der Waals surface area contributed by atoms with Gasteiger partial charge in [0.2, 0.25) is 0 Å². The molecule has 0 heterocycles. The number of carbonyl (C=O) groups excluding carboxylic acids is 1. The molecular weight excluding hydrogens is 314 g/mol. The summed E-state index contributed by atoms with van der Waals surface area (Å²) in [7, 11) is 1.53. The summed E-state index contributed by atoms with van der Waals surface area (Å²) in [5.74, 6) is 0.729. The minimum atomic E-state index is -0.204. The summed E-state index contributed by atoms with van der Waals surface area (Å²) in [5, 5.41) is 7.32. The van der Waals surface area contributed by atoms with Gasteiger partial charge in [-0.2, -0.15) is 5.10 Å². The second kappa shape index (κ2) is 8.28. The number of benzene rings is 1. The predicted molar refractivity (Wildman–Crippen MR) is 92.9 cm³/mol. The van der Waals surface area contributed by atoms with Gasteiger partial charge in [0.15, 0.2) is 16.6 Å². The molecule has 0 bridgehead atoms. The van der Waals surface area contributed by atoms with Crippen LogP contribution in [0.2, 0.25) is 0 Å². The van der Waals surface area contributed by atoms with E-state index < -0.39 is 0 Å². The number of hydrogen-bond acceptors (Lipinski definition) is 5. The molecule has 0 aliphatic heterocycles. The van der Waals surface area contributed by atoms with Crippen molar-refractivity contribution in [2.45, 2.75) is 12.8 Å². The van der Waals surface area contributed by atoms with E-state index >= 15 is 0 Å². The maximum absolute atomic E-state index is 11.7. The molecule has 7 heteroatoms. The molecule has 0 aromatic heterocycles. The van der Waals surface area contributed by atoms with Crippen LogP contribution >= 0.6 is 12.2 Å². The topological polar surface area (TPSA) is 72.0 Å². The van der Waals surface area contributed by atoms with Gasteiger partial charge in [-0.15, -0.1) is 6.58 Å². The van der Waals surface area contributed by atoms with Gasteiger partial charge in [0, 0.05) is 6.54 Å². The van der Waals surface area contributed by atoms with Gasteiger partial charge in [-0.1, -0.05) is 6.08 Å². The molecule has 1 saturated carbocycles. The zero-order chi connectivity index (χ0) is 16.7. The first-order valence-corrected chi connectivity index (χ1v) is 7.62. The molecule has 0 radical (unpaired) electrons. The fourth-order valence-corrected chi connectivity index (χ4v) is 1.87. The van der Waals surface area contributed by atoms with Crippen molar-refractivity contribution < 1.29 is 14.3 Å². The van der Waals surface area contributed by atoms with Crippen molar-refractivity contribution in [1.29, 1.82) is 0 Å². The molecule has 1 aromatic rings. The van der Waals surface area contributed by atoms with Gasteiger partial charge in [0.1, 0.15) is 0 Å². The molecule has 1 aliphatic carbocycles. The summed E-state index contributed by atoms with van der Waals surface area (Å²) in [5.41, 5.74) is 3.47. The van der Waals surface area contributed by atoms with Crippen LogP contribution < -0.4 is 20.2 Å². The van der Waals surface area contributed by atoms with E-state index in [-0.39, 0.29) is 11.9 Å². The van der Waals surface area contributed by atoms with Gasteiger partial charge in [-0.25, -0.2) is 0 Å². The molecule has 1 fully saturated rings. The average molecular weight is 333 g/mol. The second-order valence-electron chi connectivity index (χ2n) is 4.97. The SMILES string of the molecule is C=CCNC(=S)N/N=C\c1ccc(OC(=O)C2CC2)c(OC)c1. The third-order valence-corrected chi connectivity index (χ3v) is 3.33. The molecule has 0 saturated heterocycles. The van der Waals surface area contributed by atoms with Gasteiger partial charge in [0.05, 0.1) is 19.2 Å². The zero-order valence-electron chi connectivity index (χ0n) is 12.9. The van der Waals surface area contributed by atoms with E-state index in [2.05, 4.69) is 22.4 Å². The van der Waals surface area contributed by atoms with Crippen LogP contribution in [0, 0.1) is 5.92 Å². The maximum Gasteiger partial charge on any atom is 0.314 e. The highest BCUT2D eigenvalue weighted by Gasteiger charge is 2.32. The summed E-state index contributed by atoms with van der Waals surface area (Å²) >= 11 is 5.02. The van der Waals surface area contributed by atoms with E-state index in [0.717, 1.165) is 18.4 Å². The minimum absolute atomic E-state index is 0.0363. The standard InChI is InChI=1S/C16H19N3O3S/c1-3-8-17-16(23)19-18-10-11-4-7-13(14(9-11)21-2)22-15(20)12-5-6-12/h3-4,7,9-10,12H,1,5-6,8H2,2H3,(H2,17,19,23)/b18-10-. The molecule has 23 heavy (non-hydrogen) atoms. The molecule has 1 aromatic carbocycles. The van der Waals surface area contributed by atoms with E-state index in [0.29, 0.717) is 23.2 Å². The number of nitrogens with one attached hydrogen (secondary N) is 2. The van der Waals surface area contributed by atoms with E-state index in [1.807, 2.05) is 0 Å². The second-order valence-corrected chi connectivity index (χ2v) is 5.38. The van der Waals surface area contributed by atoms with Crippen molar-refractivity contribution >= 4 is 29.5 Å². The fraction of sp³-hybridized carbons (Fsp3) is 0.312. The van der Waals surface area contributed by atoms with Crippen LogP contribution in [0.15, 0.2) is 36.0 Å². The summed E-state index contributed by atoms with van der Waals surface area (Å²) in [4.78, 5) is 11.7. The first-order chi connectivity index (χ1) is 11.1. The Bertz CT molecular complexity index is 627. The van der Waals surface area contributed by atoms with Gasteiger partial charge >= 0.3 is 5.97 Å². The van der Waals surface area contributed by atoms with Crippen molar-refractivity contribution in [3.05, 3.63) is 36.4 Å². The molecule has 122 valence electrons. The Morgan fingerprint density at radius 3 is 2.91 bits per heavy atom. The molecule has 2 rings (SSSR count). The summed E-state index contributed by atoms with van der Waals surface area (Å²) in [6.07, 6.45) is 5.09. The Hall–Kier alpha value is -2.41. The number of esters is 1. The summed E-state index contributed by atoms with van der Waals surface area (Å²) < 4.78 is 10.6. The highest BCUT2D eigenvalue weighted by molar-refractivity contribution is 7.80. The Morgan fingerprint density at radius 2 is 2.26 bits per heavy atom. The lowest BCUT2D eigenvalue weighted by molar-refractivity contribution is -0.135. The van der Waals surface area contributed by atoms with Crippen LogP contribution in [-0.4, -0.2) is 31.0 Å². The third-order valence-electron chi connectivity index (χ3n) is 3.10. The van der Waals surface area contributed by atoms with Crippen molar-refractivity contribution in [3.63, 3.8) is 0 Å². The lowest BCUT2D eigenvalue weighted by Gasteiger charge is -2.09. The average Bonchev–Trinajstić information content (AvgIpc) is 3.39. The van der Waals surface area contributed by atoms with Gasteiger partial charge in [0.25, 0.3) is 0 Å². The van der Waals surface area contributed by atoms with Crippen molar-refractivity contribution in [2.24, 2.45) is 11.0 Å². The fourth-order valence-electron chi connectivity index (χ4n) is 1.73. The monoisotopic (exact) mass is 333 g/mol. The van der Waals surface area contributed by atoms with Gasteiger partial charge < -0.3 is 14.8 Å². The molecule has 0 atom stereocenters. The van der Waals surface area contributed by atoms with E-state index in [9.17, 15) is 4.79 Å². The Kier molecular flexibility index (Phi) is 6.10. The number of carbonyl (C=O) groups is 1. The smallest absolute Gasteiger partial charge is 0.314 e. The molecule has 2 N–H and O–H groups in total.